The molecule has 10 heavy (non-hydrogen) atoms. The van der Waals surface area contributed by atoms with Gasteiger partial charge in [0.05, 0.1) is 0 Å². The van der Waals surface area contributed by atoms with Gasteiger partial charge in [-0.2, -0.15) is 5.06 Å². The molecular formula is C6H13NO3. The molecule has 0 spiro atoms. The van der Waals surface area contributed by atoms with Crippen molar-refractivity contribution >= 4 is 5.97 Å². The topological polar surface area (TPSA) is 60.8 Å². The average Bonchev–Trinajstić information content (AvgIpc) is 1.60. The molecule has 0 aliphatic carbocycles. The van der Waals surface area contributed by atoms with Crippen molar-refractivity contribution in [3.05, 3.63) is 0 Å². The Bertz CT molecular complexity index is 127. The van der Waals surface area contributed by atoms with Gasteiger partial charge in [-0.1, -0.05) is 0 Å². The lowest BCUT2D eigenvalue weighted by molar-refractivity contribution is -0.176. The van der Waals surface area contributed by atoms with E-state index in [0.717, 1.165) is 5.06 Å². The summed E-state index contributed by atoms with van der Waals surface area (Å²) in [5, 5.41) is 18.0. The van der Waals surface area contributed by atoms with Gasteiger partial charge >= 0.3 is 5.97 Å². The number of carboxylic acids is 1. The Kier molecular flexibility index (Phi) is 2.80. The minimum atomic E-state index is -1.03. The minimum absolute atomic E-state index is 0.344. The molecule has 4 nitrogen and oxygen atoms in total. The second kappa shape index (κ2) is 2.98. The first-order valence-corrected chi connectivity index (χ1v) is 3.02. The van der Waals surface area contributed by atoms with Gasteiger partial charge in [-0.05, 0) is 20.8 Å². The molecule has 0 bridgehead atoms. The van der Waals surface area contributed by atoms with Gasteiger partial charge in [0.15, 0.2) is 0 Å². The molecule has 0 aromatic rings. The molecule has 0 fully saturated rings. The Morgan fingerprint density at radius 1 is 1.50 bits per heavy atom. The van der Waals surface area contributed by atoms with Gasteiger partial charge in [-0.3, -0.25) is 4.79 Å². The van der Waals surface area contributed by atoms with Crippen LogP contribution in [0.4, 0.5) is 0 Å². The second-order valence-electron chi connectivity index (χ2n) is 3.12. The summed E-state index contributed by atoms with van der Waals surface area (Å²) in [6.07, 6.45) is 0. The molecule has 0 aliphatic rings. The number of rotatable bonds is 2. The summed E-state index contributed by atoms with van der Waals surface area (Å²) >= 11 is 0. The van der Waals surface area contributed by atoms with Gasteiger partial charge in [0.25, 0.3) is 0 Å². The van der Waals surface area contributed by atoms with E-state index in [4.69, 9.17) is 10.3 Å². The Morgan fingerprint density at radius 2 is 1.90 bits per heavy atom. The molecule has 60 valence electrons. The predicted molar refractivity (Wildman–Crippen MR) is 35.9 cm³/mol. The zero-order valence-corrected chi connectivity index (χ0v) is 6.46. The SMILES string of the molecule is CC(C)(C)N(O)CC(=O)O. The first-order chi connectivity index (χ1) is 4.34. The fourth-order valence-electron chi connectivity index (χ4n) is 0.365. The molecule has 0 saturated carbocycles. The van der Waals surface area contributed by atoms with Crippen LogP contribution in [0, 0.1) is 0 Å². The maximum atomic E-state index is 10.1. The van der Waals surface area contributed by atoms with Crippen molar-refractivity contribution in [2.24, 2.45) is 0 Å². The number of hydroxylamine groups is 2. The van der Waals surface area contributed by atoms with Crippen LogP contribution in [0.15, 0.2) is 0 Å². The Labute approximate surface area is 60.0 Å². The highest BCUT2D eigenvalue weighted by molar-refractivity contribution is 5.68. The van der Waals surface area contributed by atoms with E-state index < -0.39 is 11.5 Å². The van der Waals surface area contributed by atoms with E-state index in [1.54, 1.807) is 20.8 Å². The van der Waals surface area contributed by atoms with Gasteiger partial charge in [0, 0.05) is 5.54 Å². The number of carbonyl (C=O) groups is 1. The average molecular weight is 147 g/mol. The first-order valence-electron chi connectivity index (χ1n) is 3.02. The highest BCUT2D eigenvalue weighted by Crippen LogP contribution is 2.08. The predicted octanol–water partition coefficient (Wildman–Crippen LogP) is 0.561. The molecule has 0 unspecified atom stereocenters. The summed E-state index contributed by atoms with van der Waals surface area (Å²) in [4.78, 5) is 10.1. The van der Waals surface area contributed by atoms with E-state index >= 15 is 0 Å². The molecule has 0 amide bonds. The number of hydrogen-bond donors (Lipinski definition) is 2. The van der Waals surface area contributed by atoms with E-state index in [9.17, 15) is 4.79 Å². The number of nitrogens with zero attached hydrogens (tertiary/aromatic N) is 1. The highest BCUT2D eigenvalue weighted by atomic mass is 16.5. The van der Waals surface area contributed by atoms with Gasteiger partial charge in [-0.25, -0.2) is 0 Å². The van der Waals surface area contributed by atoms with Gasteiger partial charge in [0.2, 0.25) is 0 Å². The smallest absolute Gasteiger partial charge is 0.320 e. The van der Waals surface area contributed by atoms with Gasteiger partial charge in [0.1, 0.15) is 6.54 Å². The van der Waals surface area contributed by atoms with Crippen molar-refractivity contribution in [3.8, 4) is 0 Å². The molecule has 0 aromatic heterocycles. The van der Waals surface area contributed by atoms with Crippen molar-refractivity contribution in [3.63, 3.8) is 0 Å². The van der Waals surface area contributed by atoms with Crippen LogP contribution < -0.4 is 0 Å². The molecule has 2 N–H and O–H groups in total. The normalized spacial score (nSPS) is 12.1. The molecule has 0 radical (unpaired) electrons. The van der Waals surface area contributed by atoms with Crippen LogP contribution in [0.1, 0.15) is 20.8 Å². The number of hydrogen-bond acceptors (Lipinski definition) is 3. The standard InChI is InChI=1S/C6H13NO3/c1-6(2,3)7(10)4-5(8)9/h10H,4H2,1-3H3,(H,8,9). The van der Waals surface area contributed by atoms with Crippen LogP contribution in [0.3, 0.4) is 0 Å². The summed E-state index contributed by atoms with van der Waals surface area (Å²) in [5.74, 6) is -1.03. The van der Waals surface area contributed by atoms with Crippen molar-refractivity contribution in [2.75, 3.05) is 6.54 Å². The van der Waals surface area contributed by atoms with Crippen molar-refractivity contribution in [1.29, 1.82) is 0 Å². The molecule has 4 heteroatoms. The Hall–Kier alpha value is -0.610. The van der Waals surface area contributed by atoms with Crippen LogP contribution in [0.25, 0.3) is 0 Å². The van der Waals surface area contributed by atoms with E-state index in [1.807, 2.05) is 0 Å². The molecule has 0 atom stereocenters. The monoisotopic (exact) mass is 147 g/mol. The van der Waals surface area contributed by atoms with Crippen LogP contribution >= 0.6 is 0 Å². The Balaban J connectivity index is 3.85. The largest absolute Gasteiger partial charge is 0.480 e. The highest BCUT2D eigenvalue weighted by Gasteiger charge is 2.20. The number of aliphatic carboxylic acids is 1. The number of carboxylic acid groups (broad SMARTS) is 1. The zero-order chi connectivity index (χ0) is 8.36. The first kappa shape index (κ1) is 9.39. The maximum Gasteiger partial charge on any atom is 0.320 e. The molecule has 0 saturated heterocycles. The van der Waals surface area contributed by atoms with Crippen LogP contribution in [-0.4, -0.2) is 33.4 Å². The van der Waals surface area contributed by atoms with Crippen molar-refractivity contribution < 1.29 is 15.1 Å². The summed E-state index contributed by atoms with van der Waals surface area (Å²) in [6.45, 7) is 4.85. The third-order valence-corrected chi connectivity index (χ3v) is 1.06. The lowest BCUT2D eigenvalue weighted by Gasteiger charge is -2.27. The second-order valence-corrected chi connectivity index (χ2v) is 3.12. The van der Waals surface area contributed by atoms with E-state index in [0.29, 0.717) is 0 Å². The van der Waals surface area contributed by atoms with Crippen LogP contribution in [0.2, 0.25) is 0 Å². The fraction of sp³-hybridized carbons (Fsp3) is 0.833. The summed E-state index contributed by atoms with van der Waals surface area (Å²) in [5.41, 5.74) is -0.502. The van der Waals surface area contributed by atoms with E-state index in [1.165, 1.54) is 0 Å². The van der Waals surface area contributed by atoms with Crippen LogP contribution in [0.5, 0.6) is 0 Å². The summed E-state index contributed by atoms with van der Waals surface area (Å²) < 4.78 is 0. The van der Waals surface area contributed by atoms with Gasteiger partial charge < -0.3 is 10.3 Å². The molecular weight excluding hydrogens is 134 g/mol. The zero-order valence-electron chi connectivity index (χ0n) is 6.46. The summed E-state index contributed by atoms with van der Waals surface area (Å²) in [7, 11) is 0. The van der Waals surface area contributed by atoms with Gasteiger partial charge in [-0.15, -0.1) is 0 Å². The molecule has 0 heterocycles. The van der Waals surface area contributed by atoms with Crippen molar-refractivity contribution in [2.45, 2.75) is 26.3 Å². The third-order valence-electron chi connectivity index (χ3n) is 1.06. The molecule has 0 rings (SSSR count). The van der Waals surface area contributed by atoms with Crippen molar-refractivity contribution in [1.82, 2.24) is 5.06 Å². The van der Waals surface area contributed by atoms with E-state index in [2.05, 4.69) is 0 Å². The van der Waals surface area contributed by atoms with Crippen LogP contribution in [-0.2, 0) is 4.79 Å². The molecule has 0 aromatic carbocycles. The lowest BCUT2D eigenvalue weighted by atomic mass is 10.1. The Morgan fingerprint density at radius 3 is 2.00 bits per heavy atom. The van der Waals surface area contributed by atoms with E-state index in [-0.39, 0.29) is 6.54 Å². The summed E-state index contributed by atoms with van der Waals surface area (Å²) in [6, 6.07) is 0. The fourth-order valence-corrected chi connectivity index (χ4v) is 0.365. The minimum Gasteiger partial charge on any atom is -0.480 e. The quantitative estimate of drug-likeness (QED) is 0.560. The third kappa shape index (κ3) is 3.42. The lowest BCUT2D eigenvalue weighted by Crippen LogP contribution is -2.41. The molecule has 0 aliphatic heterocycles. The maximum absolute atomic E-state index is 10.1.